The highest BCUT2D eigenvalue weighted by atomic mass is 16.1. The van der Waals surface area contributed by atoms with Crippen molar-refractivity contribution in [2.24, 2.45) is 0 Å². The van der Waals surface area contributed by atoms with Crippen molar-refractivity contribution in [2.75, 3.05) is 12.4 Å². The number of nitrogens with zero attached hydrogens (tertiary/aromatic N) is 2. The summed E-state index contributed by atoms with van der Waals surface area (Å²) in [5.41, 5.74) is 3.05. The maximum Gasteiger partial charge on any atom is 0.267 e. The number of carbonyl (C=O) groups is 1. The zero-order valence-electron chi connectivity index (χ0n) is 14.2. The van der Waals surface area contributed by atoms with Crippen molar-refractivity contribution in [3.05, 3.63) is 41.1 Å². The van der Waals surface area contributed by atoms with Crippen LogP contribution in [0.15, 0.2) is 30.0 Å². The molecule has 1 N–H and O–H groups in total. The van der Waals surface area contributed by atoms with E-state index in [0.29, 0.717) is 6.04 Å². The molecule has 4 nitrogen and oxygen atoms in total. The van der Waals surface area contributed by atoms with Crippen LogP contribution in [0.25, 0.3) is 0 Å². The van der Waals surface area contributed by atoms with Crippen LogP contribution in [0.3, 0.4) is 0 Å². The standard InChI is InChI=1S/C19H25N3O/c1-14-9-10-18(15(2)11-14)21-19(23)16(12-20)13-22(3)17-7-5-4-6-8-17/h9-11,13,17H,4-8H2,1-3H3,(H,21,23)/b16-13-. The van der Waals surface area contributed by atoms with Crippen molar-refractivity contribution >= 4 is 11.6 Å². The number of hydrogen-bond donors (Lipinski definition) is 1. The molecule has 0 aliphatic heterocycles. The van der Waals surface area contributed by atoms with Gasteiger partial charge in [0.25, 0.3) is 5.91 Å². The third kappa shape index (κ3) is 4.59. The molecular formula is C19H25N3O. The van der Waals surface area contributed by atoms with Gasteiger partial charge in [0.05, 0.1) is 0 Å². The Morgan fingerprint density at radius 3 is 2.61 bits per heavy atom. The van der Waals surface area contributed by atoms with Gasteiger partial charge in [0.1, 0.15) is 11.6 Å². The van der Waals surface area contributed by atoms with E-state index in [4.69, 9.17) is 0 Å². The van der Waals surface area contributed by atoms with Crippen LogP contribution in [0.1, 0.15) is 43.2 Å². The Labute approximate surface area is 138 Å². The van der Waals surface area contributed by atoms with Crippen LogP contribution in [0, 0.1) is 25.2 Å². The molecule has 1 aliphatic carbocycles. The van der Waals surface area contributed by atoms with Gasteiger partial charge in [0.15, 0.2) is 0 Å². The molecule has 1 fully saturated rings. The fourth-order valence-corrected chi connectivity index (χ4v) is 3.08. The highest BCUT2D eigenvalue weighted by Gasteiger charge is 2.18. The van der Waals surface area contributed by atoms with Gasteiger partial charge in [-0.15, -0.1) is 0 Å². The SMILES string of the molecule is Cc1ccc(NC(=O)/C(C#N)=C\N(C)C2CCCCC2)c(C)c1. The van der Waals surface area contributed by atoms with Crippen molar-refractivity contribution in [3.63, 3.8) is 0 Å². The number of anilines is 1. The van der Waals surface area contributed by atoms with Crippen LogP contribution in [-0.4, -0.2) is 23.9 Å². The van der Waals surface area contributed by atoms with Crippen LogP contribution >= 0.6 is 0 Å². The van der Waals surface area contributed by atoms with Crippen LogP contribution < -0.4 is 5.32 Å². The molecule has 1 saturated carbocycles. The summed E-state index contributed by atoms with van der Waals surface area (Å²) in [6.07, 6.45) is 7.68. The fraction of sp³-hybridized carbons (Fsp3) is 0.474. The monoisotopic (exact) mass is 311 g/mol. The molecule has 1 amide bonds. The van der Waals surface area contributed by atoms with Crippen LogP contribution in [0.4, 0.5) is 5.69 Å². The lowest BCUT2D eigenvalue weighted by Gasteiger charge is -2.30. The van der Waals surface area contributed by atoms with Crippen molar-refractivity contribution in [1.29, 1.82) is 5.26 Å². The lowest BCUT2D eigenvalue weighted by atomic mass is 9.94. The number of nitriles is 1. The Morgan fingerprint density at radius 1 is 1.30 bits per heavy atom. The second kappa shape index (κ2) is 7.82. The highest BCUT2D eigenvalue weighted by molar-refractivity contribution is 6.06. The molecule has 0 aromatic heterocycles. The molecule has 0 saturated heterocycles. The normalized spacial score (nSPS) is 15.8. The smallest absolute Gasteiger partial charge is 0.267 e. The minimum atomic E-state index is -0.345. The van der Waals surface area contributed by atoms with Crippen molar-refractivity contribution in [1.82, 2.24) is 4.90 Å². The van der Waals surface area contributed by atoms with Gasteiger partial charge in [-0.3, -0.25) is 4.79 Å². The molecule has 4 heteroatoms. The average molecular weight is 311 g/mol. The summed E-state index contributed by atoms with van der Waals surface area (Å²) in [5.74, 6) is -0.345. The molecule has 0 bridgehead atoms. The van der Waals surface area contributed by atoms with E-state index in [0.717, 1.165) is 29.7 Å². The van der Waals surface area contributed by atoms with E-state index < -0.39 is 0 Å². The maximum atomic E-state index is 12.4. The van der Waals surface area contributed by atoms with Gasteiger partial charge in [0, 0.05) is 25.0 Å². The Bertz CT molecular complexity index is 637. The molecular weight excluding hydrogens is 286 g/mol. The Morgan fingerprint density at radius 2 is 2.00 bits per heavy atom. The van der Waals surface area contributed by atoms with E-state index in [9.17, 15) is 10.1 Å². The molecule has 0 radical (unpaired) electrons. The van der Waals surface area contributed by atoms with Gasteiger partial charge in [0.2, 0.25) is 0 Å². The van der Waals surface area contributed by atoms with Gasteiger partial charge in [-0.05, 0) is 38.3 Å². The minimum absolute atomic E-state index is 0.151. The van der Waals surface area contributed by atoms with Crippen LogP contribution in [0.5, 0.6) is 0 Å². The molecule has 0 spiro atoms. The van der Waals surface area contributed by atoms with E-state index in [1.54, 1.807) is 6.20 Å². The maximum absolute atomic E-state index is 12.4. The van der Waals surface area contributed by atoms with Crippen LogP contribution in [0.2, 0.25) is 0 Å². The molecule has 23 heavy (non-hydrogen) atoms. The zero-order chi connectivity index (χ0) is 16.8. The first-order chi connectivity index (χ1) is 11.0. The van der Waals surface area contributed by atoms with E-state index in [1.165, 1.54) is 19.3 Å². The van der Waals surface area contributed by atoms with Gasteiger partial charge in [-0.25, -0.2) is 0 Å². The van der Waals surface area contributed by atoms with E-state index in [2.05, 4.69) is 5.32 Å². The highest BCUT2D eigenvalue weighted by Crippen LogP contribution is 2.22. The molecule has 0 heterocycles. The fourth-order valence-electron chi connectivity index (χ4n) is 3.08. The lowest BCUT2D eigenvalue weighted by molar-refractivity contribution is -0.112. The summed E-state index contributed by atoms with van der Waals surface area (Å²) < 4.78 is 0. The summed E-state index contributed by atoms with van der Waals surface area (Å²) in [7, 11) is 1.96. The number of benzene rings is 1. The van der Waals surface area contributed by atoms with Crippen molar-refractivity contribution < 1.29 is 4.79 Å². The van der Waals surface area contributed by atoms with Crippen molar-refractivity contribution in [2.45, 2.75) is 52.0 Å². The van der Waals surface area contributed by atoms with Gasteiger partial charge < -0.3 is 10.2 Å². The van der Waals surface area contributed by atoms with E-state index in [1.807, 2.05) is 50.1 Å². The van der Waals surface area contributed by atoms with E-state index >= 15 is 0 Å². The summed E-state index contributed by atoms with van der Waals surface area (Å²) >= 11 is 0. The second-order valence-electron chi connectivity index (χ2n) is 6.38. The van der Waals surface area contributed by atoms with Crippen LogP contribution in [-0.2, 0) is 4.79 Å². The molecule has 0 atom stereocenters. The number of nitrogens with one attached hydrogen (secondary N) is 1. The number of hydrogen-bond acceptors (Lipinski definition) is 3. The first kappa shape index (κ1) is 17.1. The minimum Gasteiger partial charge on any atom is -0.376 e. The van der Waals surface area contributed by atoms with Gasteiger partial charge >= 0.3 is 0 Å². The third-order valence-corrected chi connectivity index (χ3v) is 4.48. The Kier molecular flexibility index (Phi) is 5.81. The Balaban J connectivity index is 2.08. The summed E-state index contributed by atoms with van der Waals surface area (Å²) in [4.78, 5) is 14.4. The topological polar surface area (TPSA) is 56.1 Å². The summed E-state index contributed by atoms with van der Waals surface area (Å²) in [6.45, 7) is 3.96. The number of carbonyl (C=O) groups excluding carboxylic acids is 1. The van der Waals surface area contributed by atoms with Crippen molar-refractivity contribution in [3.8, 4) is 6.07 Å². The zero-order valence-corrected chi connectivity index (χ0v) is 14.2. The molecule has 2 rings (SSSR count). The number of aryl methyl sites for hydroxylation is 2. The first-order valence-electron chi connectivity index (χ1n) is 8.23. The second-order valence-corrected chi connectivity index (χ2v) is 6.38. The summed E-state index contributed by atoms with van der Waals surface area (Å²) in [5, 5.41) is 12.2. The average Bonchev–Trinajstić information content (AvgIpc) is 2.55. The predicted molar refractivity (Wildman–Crippen MR) is 92.9 cm³/mol. The summed E-state index contributed by atoms with van der Waals surface area (Å²) in [6, 6.07) is 8.30. The molecule has 1 aliphatic rings. The largest absolute Gasteiger partial charge is 0.376 e. The Hall–Kier alpha value is -2.28. The first-order valence-corrected chi connectivity index (χ1v) is 8.23. The van der Waals surface area contributed by atoms with Gasteiger partial charge in [-0.1, -0.05) is 37.0 Å². The predicted octanol–water partition coefficient (Wildman–Crippen LogP) is 3.91. The van der Waals surface area contributed by atoms with Gasteiger partial charge in [-0.2, -0.15) is 5.26 Å². The molecule has 1 aromatic rings. The molecule has 122 valence electrons. The lowest BCUT2D eigenvalue weighted by Crippen LogP contribution is -2.30. The van der Waals surface area contributed by atoms with E-state index in [-0.39, 0.29) is 11.5 Å². The quantitative estimate of drug-likeness (QED) is 0.677. The third-order valence-electron chi connectivity index (χ3n) is 4.48. The number of amides is 1. The molecule has 1 aromatic carbocycles. The molecule has 0 unspecified atom stereocenters. The number of rotatable bonds is 4.